The normalized spacial score (nSPS) is 16.5. The van der Waals surface area contributed by atoms with Crippen molar-refractivity contribution in [1.29, 1.82) is 0 Å². The molecule has 0 amide bonds. The Labute approximate surface area is 221 Å². The molecule has 0 bridgehead atoms. The van der Waals surface area contributed by atoms with Gasteiger partial charge < -0.3 is 19.5 Å². The van der Waals surface area contributed by atoms with Gasteiger partial charge in [0.05, 0.1) is 12.1 Å². The lowest BCUT2D eigenvalue weighted by molar-refractivity contribution is -0.118. The number of likely N-dealkylation sites (tertiary alicyclic amines) is 1. The summed E-state index contributed by atoms with van der Waals surface area (Å²) in [6.07, 6.45) is 6.58. The smallest absolute Gasteiger partial charge is 0.229 e. The Morgan fingerprint density at radius 2 is 2.00 bits per heavy atom. The second kappa shape index (κ2) is 11.5. The number of nitrogens with zero attached hydrogens (tertiary/aromatic N) is 3. The van der Waals surface area contributed by atoms with E-state index in [4.69, 9.17) is 27.6 Å². The number of hydrogen-bond donors (Lipinski definition) is 1. The third kappa shape index (κ3) is 6.58. The molecule has 2 aromatic carbocycles. The van der Waals surface area contributed by atoms with Crippen LogP contribution < -0.4 is 9.47 Å². The topological polar surface area (TPSA) is 76.2 Å². The zero-order valence-corrected chi connectivity index (χ0v) is 21.4. The summed E-state index contributed by atoms with van der Waals surface area (Å²) >= 11 is 6.47. The number of β-amino-alcohol motifs (C(OH)–C–C–N with tert-alkyl or cyclic N) is 1. The Morgan fingerprint density at radius 3 is 2.73 bits per heavy atom. The number of carbonyl (C=O) groups is 1. The molecule has 5 rings (SSSR count). The molecule has 1 atom stereocenters. The van der Waals surface area contributed by atoms with E-state index in [0.29, 0.717) is 64.2 Å². The summed E-state index contributed by atoms with van der Waals surface area (Å²) in [6, 6.07) is 10.5. The minimum Gasteiger partial charge on any atom is -0.502 e. The average Bonchev–Trinajstić information content (AvgIpc) is 3.55. The maximum absolute atomic E-state index is 12.2. The fraction of sp³-hybridized carbons (Fsp3) is 0.414. The molecule has 1 saturated heterocycles. The molecular weight excluding hydrogens is 490 g/mol. The van der Waals surface area contributed by atoms with Crippen LogP contribution in [0.3, 0.4) is 0 Å². The van der Waals surface area contributed by atoms with Gasteiger partial charge >= 0.3 is 0 Å². The number of aliphatic hydroxyl groups is 1. The van der Waals surface area contributed by atoms with Crippen molar-refractivity contribution < 1.29 is 19.4 Å². The van der Waals surface area contributed by atoms with E-state index in [-0.39, 0.29) is 12.4 Å². The molecule has 1 aromatic heterocycles. The maximum atomic E-state index is 12.2. The summed E-state index contributed by atoms with van der Waals surface area (Å²) in [5.74, 6) is 2.22. The molecule has 2 heterocycles. The monoisotopic (exact) mass is 519 g/mol. The number of ether oxygens (including phenoxy) is 2. The standard InChI is InChI=1S/C29H30ClN3O4/c1-31-27-15-24-26(16-29(27)36-18-22(35)17-33-10-2-3-11-33)32-9-8-28(24)37-23-7-6-20(25(30)14-23)13-21(34)12-19-4-5-19/h6-9,14-16,19,22,35H,2-5,10-13,17-18H2/t22-/m0/s1. The molecular formula is C29H30ClN3O4. The Balaban J connectivity index is 1.29. The van der Waals surface area contributed by atoms with Crippen LogP contribution in [0.5, 0.6) is 17.2 Å². The molecule has 7 nitrogen and oxygen atoms in total. The van der Waals surface area contributed by atoms with Gasteiger partial charge in [-0.1, -0.05) is 17.7 Å². The van der Waals surface area contributed by atoms with E-state index in [0.717, 1.165) is 44.3 Å². The van der Waals surface area contributed by atoms with Gasteiger partial charge in [-0.3, -0.25) is 9.78 Å². The zero-order chi connectivity index (χ0) is 25.8. The summed E-state index contributed by atoms with van der Waals surface area (Å²) in [6.45, 7) is 10.3. The van der Waals surface area contributed by atoms with Crippen molar-refractivity contribution in [3.8, 4) is 17.2 Å². The SMILES string of the molecule is [C-]#[N+]c1cc2c(Oc3ccc(CC(=O)CC4CC4)c(Cl)c3)ccnc2cc1OC[C@@H](O)CN1CCCC1. The molecule has 2 fully saturated rings. The Bertz CT molecular complexity index is 1330. The summed E-state index contributed by atoms with van der Waals surface area (Å²) in [5.41, 5.74) is 1.73. The molecule has 3 aromatic rings. The van der Waals surface area contributed by atoms with Crippen molar-refractivity contribution in [2.45, 2.75) is 44.6 Å². The number of aromatic nitrogens is 1. The van der Waals surface area contributed by atoms with Gasteiger partial charge in [-0.05, 0) is 80.6 Å². The number of benzene rings is 2. The van der Waals surface area contributed by atoms with Crippen molar-refractivity contribution in [3.05, 3.63) is 64.6 Å². The van der Waals surface area contributed by atoms with E-state index >= 15 is 0 Å². The minimum absolute atomic E-state index is 0.106. The van der Waals surface area contributed by atoms with Crippen LogP contribution >= 0.6 is 11.6 Å². The Morgan fingerprint density at radius 1 is 1.19 bits per heavy atom. The molecule has 1 saturated carbocycles. The van der Waals surface area contributed by atoms with Crippen molar-refractivity contribution in [3.63, 3.8) is 0 Å². The number of ketones is 1. The predicted molar refractivity (Wildman–Crippen MR) is 143 cm³/mol. The summed E-state index contributed by atoms with van der Waals surface area (Å²) in [5, 5.41) is 11.5. The number of hydrogen-bond acceptors (Lipinski definition) is 6. The third-order valence-electron chi connectivity index (χ3n) is 6.85. The van der Waals surface area contributed by atoms with Crippen LogP contribution in [0.1, 0.15) is 37.7 Å². The molecule has 1 aliphatic carbocycles. The summed E-state index contributed by atoms with van der Waals surface area (Å²) in [7, 11) is 0. The van der Waals surface area contributed by atoms with Gasteiger partial charge in [-0.25, -0.2) is 4.85 Å². The molecule has 192 valence electrons. The first-order valence-electron chi connectivity index (χ1n) is 12.8. The van der Waals surface area contributed by atoms with Gasteiger partial charge in [0.15, 0.2) is 0 Å². The van der Waals surface area contributed by atoms with E-state index in [1.165, 1.54) is 0 Å². The molecule has 0 radical (unpaired) electrons. The van der Waals surface area contributed by atoms with E-state index in [9.17, 15) is 9.90 Å². The second-order valence-electron chi connectivity index (χ2n) is 9.95. The number of Topliss-reactive ketones (excluding diaryl/α,β-unsaturated/α-hetero) is 1. The lowest BCUT2D eigenvalue weighted by atomic mass is 10.0. The minimum atomic E-state index is -0.633. The average molecular weight is 520 g/mol. The van der Waals surface area contributed by atoms with Gasteiger partial charge in [0.1, 0.15) is 35.7 Å². The van der Waals surface area contributed by atoms with Crippen LogP contribution in [0.15, 0.2) is 42.6 Å². The third-order valence-corrected chi connectivity index (χ3v) is 7.21. The van der Waals surface area contributed by atoms with Crippen LogP contribution in [0.2, 0.25) is 5.02 Å². The van der Waals surface area contributed by atoms with E-state index in [1.807, 2.05) is 6.07 Å². The van der Waals surface area contributed by atoms with Crippen molar-refractivity contribution in [1.82, 2.24) is 9.88 Å². The van der Waals surface area contributed by atoms with E-state index < -0.39 is 6.10 Å². The largest absolute Gasteiger partial charge is 0.502 e. The number of carbonyl (C=O) groups excluding carboxylic acids is 1. The lowest BCUT2D eigenvalue weighted by Crippen LogP contribution is -2.33. The van der Waals surface area contributed by atoms with Crippen LogP contribution in [0, 0.1) is 12.5 Å². The first kappa shape index (κ1) is 25.5. The highest BCUT2D eigenvalue weighted by molar-refractivity contribution is 6.31. The molecule has 1 N–H and O–H groups in total. The molecule has 8 heteroatoms. The predicted octanol–water partition coefficient (Wildman–Crippen LogP) is 5.98. The highest BCUT2D eigenvalue weighted by Crippen LogP contribution is 2.38. The van der Waals surface area contributed by atoms with Crippen molar-refractivity contribution in [2.75, 3.05) is 26.2 Å². The van der Waals surface area contributed by atoms with Gasteiger partial charge in [0.25, 0.3) is 0 Å². The summed E-state index contributed by atoms with van der Waals surface area (Å²) in [4.78, 5) is 22.5. The Kier molecular flexibility index (Phi) is 7.90. The van der Waals surface area contributed by atoms with Crippen LogP contribution in [0.25, 0.3) is 15.7 Å². The van der Waals surface area contributed by atoms with Crippen LogP contribution in [-0.4, -0.2) is 53.1 Å². The lowest BCUT2D eigenvalue weighted by Gasteiger charge is -2.20. The number of rotatable bonds is 11. The van der Waals surface area contributed by atoms with Gasteiger partial charge in [0, 0.05) is 36.0 Å². The maximum Gasteiger partial charge on any atom is 0.229 e. The molecule has 0 spiro atoms. The molecule has 2 aliphatic rings. The van der Waals surface area contributed by atoms with Crippen molar-refractivity contribution in [2.24, 2.45) is 5.92 Å². The first-order chi connectivity index (χ1) is 18.0. The Hall–Kier alpha value is -3.18. The van der Waals surface area contributed by atoms with Crippen LogP contribution in [0.4, 0.5) is 5.69 Å². The fourth-order valence-electron chi connectivity index (χ4n) is 4.72. The summed E-state index contributed by atoms with van der Waals surface area (Å²) < 4.78 is 12.0. The van der Waals surface area contributed by atoms with Gasteiger partial charge in [0.2, 0.25) is 5.69 Å². The quantitative estimate of drug-likeness (QED) is 0.314. The number of aliphatic hydroxyl groups excluding tert-OH is 1. The van der Waals surface area contributed by atoms with E-state index in [1.54, 1.807) is 36.5 Å². The van der Waals surface area contributed by atoms with Crippen LogP contribution in [-0.2, 0) is 11.2 Å². The highest BCUT2D eigenvalue weighted by atomic mass is 35.5. The number of fused-ring (bicyclic) bond motifs is 1. The molecule has 0 unspecified atom stereocenters. The number of pyridine rings is 1. The van der Waals surface area contributed by atoms with Gasteiger partial charge in [-0.15, -0.1) is 0 Å². The first-order valence-corrected chi connectivity index (χ1v) is 13.2. The fourth-order valence-corrected chi connectivity index (χ4v) is 4.96. The molecule has 1 aliphatic heterocycles. The van der Waals surface area contributed by atoms with Crippen molar-refractivity contribution >= 4 is 34.0 Å². The van der Waals surface area contributed by atoms with E-state index in [2.05, 4.69) is 14.7 Å². The molecule has 37 heavy (non-hydrogen) atoms. The highest BCUT2D eigenvalue weighted by Gasteiger charge is 2.24. The number of halogens is 1. The zero-order valence-electron chi connectivity index (χ0n) is 20.7. The second-order valence-corrected chi connectivity index (χ2v) is 10.4. The van der Waals surface area contributed by atoms with Gasteiger partial charge in [-0.2, -0.15) is 0 Å².